The van der Waals surface area contributed by atoms with Crippen LogP contribution in [-0.2, 0) is 0 Å². The number of carbonyl (C=O) groups is 1. The molecule has 37 heavy (non-hydrogen) atoms. The van der Waals surface area contributed by atoms with E-state index in [0.29, 0.717) is 15.7 Å². The van der Waals surface area contributed by atoms with Gasteiger partial charge in [0.2, 0.25) is 5.12 Å². The van der Waals surface area contributed by atoms with Gasteiger partial charge in [-0.25, -0.2) is 0 Å². The molecule has 1 nitrogen and oxygen atoms in total. The van der Waals surface area contributed by atoms with Gasteiger partial charge in [0.1, 0.15) is 0 Å². The molecule has 0 heterocycles. The number of hydrogen-bond donors (Lipinski definition) is 0. The van der Waals surface area contributed by atoms with Gasteiger partial charge in [-0.1, -0.05) is 141 Å². The number of hydrogen-bond acceptors (Lipinski definition) is 4. The van der Waals surface area contributed by atoms with Crippen LogP contribution in [0.1, 0.15) is 85.3 Å². The molecular formula is C33H52OS3. The highest BCUT2D eigenvalue weighted by atomic mass is 32.2. The van der Waals surface area contributed by atoms with E-state index in [9.17, 15) is 4.79 Å². The second-order valence-corrected chi connectivity index (χ2v) is 13.6. The van der Waals surface area contributed by atoms with E-state index < -0.39 is 0 Å². The SMILES string of the molecule is C.C.C.CC(C)SC(=O)c1ccccc1.Cc1ccc(SC(C)C)cc1.Cc1ccc(SC(C)C)cc1. The van der Waals surface area contributed by atoms with Crippen LogP contribution in [0.25, 0.3) is 0 Å². The summed E-state index contributed by atoms with van der Waals surface area (Å²) in [7, 11) is 0. The Hall–Kier alpha value is -1.62. The third-order valence-corrected chi connectivity index (χ3v) is 7.09. The number of carbonyl (C=O) groups excluding carboxylic acids is 1. The highest BCUT2D eigenvalue weighted by Gasteiger charge is 2.07. The highest BCUT2D eigenvalue weighted by molar-refractivity contribution is 8.14. The molecule has 208 valence electrons. The fourth-order valence-electron chi connectivity index (χ4n) is 2.63. The van der Waals surface area contributed by atoms with E-state index in [1.165, 1.54) is 32.7 Å². The maximum Gasteiger partial charge on any atom is 0.219 e. The molecule has 0 amide bonds. The summed E-state index contributed by atoms with van der Waals surface area (Å²) in [5.41, 5.74) is 3.45. The van der Waals surface area contributed by atoms with Crippen molar-refractivity contribution in [3.8, 4) is 0 Å². The summed E-state index contributed by atoms with van der Waals surface area (Å²) >= 11 is 5.18. The Kier molecular flexibility index (Phi) is 24.1. The van der Waals surface area contributed by atoms with Gasteiger partial charge in [0.05, 0.1) is 0 Å². The van der Waals surface area contributed by atoms with Crippen LogP contribution in [-0.4, -0.2) is 20.9 Å². The predicted octanol–water partition coefficient (Wildman–Crippen LogP) is 11.9. The van der Waals surface area contributed by atoms with Gasteiger partial charge in [-0.3, -0.25) is 4.79 Å². The van der Waals surface area contributed by atoms with E-state index in [0.717, 1.165) is 5.56 Å². The molecule has 4 heteroatoms. The van der Waals surface area contributed by atoms with Crippen molar-refractivity contribution < 1.29 is 4.79 Å². The average Bonchev–Trinajstić information content (AvgIpc) is 2.77. The zero-order valence-electron chi connectivity index (χ0n) is 21.9. The summed E-state index contributed by atoms with van der Waals surface area (Å²) in [5.74, 6) is 0. The third-order valence-electron chi connectivity index (χ3n) is 4.14. The molecule has 0 radical (unpaired) electrons. The van der Waals surface area contributed by atoms with E-state index >= 15 is 0 Å². The minimum absolute atomic E-state index is 0. The molecule has 0 saturated carbocycles. The monoisotopic (exact) mass is 560 g/mol. The summed E-state index contributed by atoms with van der Waals surface area (Å²) in [6, 6.07) is 26.7. The first-order valence-corrected chi connectivity index (χ1v) is 14.4. The van der Waals surface area contributed by atoms with Crippen LogP contribution in [0.3, 0.4) is 0 Å². The number of rotatable bonds is 6. The van der Waals surface area contributed by atoms with Crippen molar-refractivity contribution in [1.82, 2.24) is 0 Å². The second-order valence-electron chi connectivity index (χ2n) is 8.78. The molecular weight excluding hydrogens is 509 g/mol. The molecule has 0 aliphatic heterocycles. The van der Waals surface area contributed by atoms with Gasteiger partial charge in [-0.05, 0) is 38.1 Å². The summed E-state index contributed by atoms with van der Waals surface area (Å²) in [4.78, 5) is 14.2. The quantitative estimate of drug-likeness (QED) is 0.279. The van der Waals surface area contributed by atoms with E-state index in [4.69, 9.17) is 0 Å². The van der Waals surface area contributed by atoms with E-state index in [2.05, 4.69) is 90.1 Å². The fraction of sp³-hybridized carbons (Fsp3) is 0.424. The lowest BCUT2D eigenvalue weighted by molar-refractivity contribution is 0.108. The van der Waals surface area contributed by atoms with Gasteiger partial charge in [0.25, 0.3) is 0 Å². The van der Waals surface area contributed by atoms with Gasteiger partial charge in [-0.15, -0.1) is 23.5 Å². The highest BCUT2D eigenvalue weighted by Crippen LogP contribution is 2.23. The predicted molar refractivity (Wildman–Crippen MR) is 178 cm³/mol. The summed E-state index contributed by atoms with van der Waals surface area (Å²) in [5, 5.41) is 1.87. The Labute approximate surface area is 243 Å². The second kappa shape index (κ2) is 22.4. The lowest BCUT2D eigenvalue weighted by Gasteiger charge is -2.03. The van der Waals surface area contributed by atoms with Crippen molar-refractivity contribution in [3.63, 3.8) is 0 Å². The number of benzene rings is 3. The first-order valence-electron chi connectivity index (χ1n) is 11.8. The number of thioether (sulfide) groups is 3. The van der Waals surface area contributed by atoms with Crippen LogP contribution in [0.5, 0.6) is 0 Å². The summed E-state index contributed by atoms with van der Waals surface area (Å²) in [6.07, 6.45) is 0. The molecule has 0 N–H and O–H groups in total. The van der Waals surface area contributed by atoms with Crippen LogP contribution < -0.4 is 0 Å². The van der Waals surface area contributed by atoms with Gasteiger partial charge in [0.15, 0.2) is 0 Å². The Morgan fingerprint density at radius 1 is 0.541 bits per heavy atom. The topological polar surface area (TPSA) is 17.1 Å². The molecule has 0 fully saturated rings. The van der Waals surface area contributed by atoms with Crippen LogP contribution >= 0.6 is 35.3 Å². The summed E-state index contributed by atoms with van der Waals surface area (Å²) < 4.78 is 0. The van der Waals surface area contributed by atoms with Gasteiger partial charge in [-0.2, -0.15) is 0 Å². The molecule has 3 aromatic rings. The molecule has 0 spiro atoms. The van der Waals surface area contributed by atoms with E-state index in [-0.39, 0.29) is 27.4 Å². The van der Waals surface area contributed by atoms with E-state index in [1.54, 1.807) is 0 Å². The average molecular weight is 561 g/mol. The zero-order valence-corrected chi connectivity index (χ0v) is 24.3. The van der Waals surface area contributed by atoms with Crippen molar-refractivity contribution >= 4 is 40.4 Å². The Balaban J connectivity index is -0.000000451. The van der Waals surface area contributed by atoms with E-state index in [1.807, 2.05) is 67.7 Å². The van der Waals surface area contributed by atoms with Gasteiger partial charge in [0, 0.05) is 31.1 Å². The molecule has 3 rings (SSSR count). The first kappa shape index (κ1) is 39.9. The smallest absolute Gasteiger partial charge is 0.219 e. The van der Waals surface area contributed by atoms with Gasteiger partial charge < -0.3 is 0 Å². The van der Waals surface area contributed by atoms with Crippen molar-refractivity contribution in [1.29, 1.82) is 0 Å². The minimum atomic E-state index is 0. The molecule has 0 bridgehead atoms. The van der Waals surface area contributed by atoms with Crippen molar-refractivity contribution in [3.05, 3.63) is 95.6 Å². The molecule has 0 aliphatic rings. The lowest BCUT2D eigenvalue weighted by atomic mass is 10.2. The standard InChI is InChI=1S/C10H12OS.2C10H14S.3CH4/c1-8(2)12-10(11)9-6-4-3-5-7-9;2*1-8(2)11-10-6-4-9(3)5-7-10;;;/h3-8H,1-2H3;2*4-8H,1-3H3;3*1H4. The van der Waals surface area contributed by atoms with Crippen LogP contribution in [0.4, 0.5) is 0 Å². The third kappa shape index (κ3) is 20.1. The van der Waals surface area contributed by atoms with Crippen molar-refractivity contribution in [2.75, 3.05) is 0 Å². The zero-order chi connectivity index (χ0) is 25.5. The summed E-state index contributed by atoms with van der Waals surface area (Å²) in [6.45, 7) is 17.1. The molecule has 0 atom stereocenters. The number of aryl methyl sites for hydroxylation is 2. The Morgan fingerprint density at radius 3 is 1.19 bits per heavy atom. The van der Waals surface area contributed by atoms with Crippen LogP contribution in [0, 0.1) is 13.8 Å². The Morgan fingerprint density at radius 2 is 0.892 bits per heavy atom. The molecule has 0 aromatic heterocycles. The maximum atomic E-state index is 11.4. The normalized spacial score (nSPS) is 9.59. The largest absolute Gasteiger partial charge is 0.282 e. The van der Waals surface area contributed by atoms with Gasteiger partial charge >= 0.3 is 0 Å². The lowest BCUT2D eigenvalue weighted by Crippen LogP contribution is -1.98. The molecule has 0 aliphatic carbocycles. The molecule has 0 unspecified atom stereocenters. The van der Waals surface area contributed by atoms with Crippen LogP contribution in [0.2, 0.25) is 0 Å². The van der Waals surface area contributed by atoms with Crippen molar-refractivity contribution in [2.24, 2.45) is 0 Å². The minimum Gasteiger partial charge on any atom is -0.282 e. The maximum absolute atomic E-state index is 11.4. The first-order chi connectivity index (χ1) is 16.1. The van der Waals surface area contributed by atoms with Crippen LogP contribution in [0.15, 0.2) is 88.7 Å². The van der Waals surface area contributed by atoms with Crippen molar-refractivity contribution in [2.45, 2.75) is 103 Å². The Bertz CT molecular complexity index is 880. The fourth-order valence-corrected chi connectivity index (χ4v) is 5.01. The molecule has 3 aromatic carbocycles. The molecule has 0 saturated heterocycles.